The number of piperazine rings is 1. The van der Waals surface area contributed by atoms with Gasteiger partial charge >= 0.3 is 0 Å². The lowest BCUT2D eigenvalue weighted by molar-refractivity contribution is 0.0746. The van der Waals surface area contributed by atoms with Crippen LogP contribution in [-0.2, 0) is 0 Å². The van der Waals surface area contributed by atoms with Crippen LogP contribution in [-0.4, -0.2) is 70.1 Å². The van der Waals surface area contributed by atoms with Crippen molar-refractivity contribution in [2.45, 2.75) is 12.8 Å². The van der Waals surface area contributed by atoms with E-state index in [1.807, 2.05) is 47.5 Å². The van der Waals surface area contributed by atoms with E-state index in [1.54, 1.807) is 10.9 Å². The first-order chi connectivity index (χ1) is 14.8. The molecule has 0 N–H and O–H groups in total. The smallest absolute Gasteiger partial charge is 0.254 e. The third kappa shape index (κ3) is 3.72. The molecule has 2 aromatic heterocycles. The first-order valence-electron chi connectivity index (χ1n) is 10.5. The van der Waals surface area contributed by atoms with Crippen molar-refractivity contribution in [1.29, 1.82) is 0 Å². The first-order valence-corrected chi connectivity index (χ1v) is 10.5. The zero-order chi connectivity index (χ0) is 20.3. The van der Waals surface area contributed by atoms with E-state index in [0.29, 0.717) is 18.7 Å². The second kappa shape index (κ2) is 8.14. The maximum absolute atomic E-state index is 13.0. The normalized spacial score (nSPS) is 16.9. The van der Waals surface area contributed by atoms with Gasteiger partial charge in [-0.05, 0) is 49.2 Å². The molecule has 8 heteroatoms. The van der Waals surface area contributed by atoms with E-state index < -0.39 is 0 Å². The zero-order valence-electron chi connectivity index (χ0n) is 16.9. The Labute approximate surface area is 175 Å². The van der Waals surface area contributed by atoms with Gasteiger partial charge in [-0.2, -0.15) is 5.10 Å². The highest BCUT2D eigenvalue weighted by Crippen LogP contribution is 2.20. The summed E-state index contributed by atoms with van der Waals surface area (Å²) in [7, 11) is 0. The summed E-state index contributed by atoms with van der Waals surface area (Å²) < 4.78 is 1.76. The molecule has 3 aromatic rings. The van der Waals surface area contributed by atoms with Gasteiger partial charge in [0.1, 0.15) is 0 Å². The number of carbonyl (C=O) groups is 1. The molecule has 0 atom stereocenters. The average molecular weight is 403 g/mol. The minimum atomic E-state index is 0.0547. The number of nitrogens with zero attached hydrogens (tertiary/aromatic N) is 7. The molecule has 154 valence electrons. The summed E-state index contributed by atoms with van der Waals surface area (Å²) in [6, 6.07) is 13.6. The number of benzene rings is 1. The highest BCUT2D eigenvalue weighted by molar-refractivity contribution is 5.95. The molecule has 0 saturated carbocycles. The molecule has 0 radical (unpaired) electrons. The molecular weight excluding hydrogens is 378 g/mol. The van der Waals surface area contributed by atoms with Gasteiger partial charge < -0.3 is 14.7 Å². The lowest BCUT2D eigenvalue weighted by Crippen LogP contribution is -2.49. The predicted octanol–water partition coefficient (Wildman–Crippen LogP) is 2.22. The van der Waals surface area contributed by atoms with Crippen LogP contribution in [0.15, 0.2) is 54.9 Å². The van der Waals surface area contributed by atoms with Gasteiger partial charge in [-0.3, -0.25) is 4.79 Å². The summed E-state index contributed by atoms with van der Waals surface area (Å²) in [6.45, 7) is 4.97. The molecule has 1 amide bonds. The maximum atomic E-state index is 13.0. The molecule has 0 aliphatic carbocycles. The van der Waals surface area contributed by atoms with Crippen molar-refractivity contribution in [1.82, 2.24) is 24.9 Å². The molecule has 0 bridgehead atoms. The zero-order valence-corrected chi connectivity index (χ0v) is 16.9. The lowest BCUT2D eigenvalue weighted by atomic mass is 10.1. The third-order valence-electron chi connectivity index (χ3n) is 5.82. The fourth-order valence-corrected chi connectivity index (χ4v) is 4.13. The second-order valence-electron chi connectivity index (χ2n) is 7.72. The highest BCUT2D eigenvalue weighted by Gasteiger charge is 2.24. The van der Waals surface area contributed by atoms with Crippen molar-refractivity contribution in [3.05, 3.63) is 60.4 Å². The van der Waals surface area contributed by atoms with Crippen LogP contribution in [0.1, 0.15) is 23.2 Å². The summed E-state index contributed by atoms with van der Waals surface area (Å²) in [4.78, 5) is 19.4. The van der Waals surface area contributed by atoms with Crippen molar-refractivity contribution < 1.29 is 4.79 Å². The SMILES string of the molecule is O=C(c1cccc(-n2cccn2)c1)N1CCN(c2ccc(N3CCCC3)nn2)CC1. The van der Waals surface area contributed by atoms with Crippen molar-refractivity contribution in [2.75, 3.05) is 49.1 Å². The van der Waals surface area contributed by atoms with Crippen LogP contribution in [0.4, 0.5) is 11.6 Å². The summed E-state index contributed by atoms with van der Waals surface area (Å²) in [5, 5.41) is 13.1. The number of amides is 1. The molecule has 5 rings (SSSR count). The Balaban J connectivity index is 1.21. The van der Waals surface area contributed by atoms with Gasteiger partial charge in [0.25, 0.3) is 5.91 Å². The van der Waals surface area contributed by atoms with Crippen LogP contribution in [0.25, 0.3) is 5.69 Å². The lowest BCUT2D eigenvalue weighted by Gasteiger charge is -2.35. The van der Waals surface area contributed by atoms with E-state index in [9.17, 15) is 4.79 Å². The predicted molar refractivity (Wildman–Crippen MR) is 115 cm³/mol. The van der Waals surface area contributed by atoms with Crippen LogP contribution in [0.5, 0.6) is 0 Å². The highest BCUT2D eigenvalue weighted by atomic mass is 16.2. The quantitative estimate of drug-likeness (QED) is 0.665. The van der Waals surface area contributed by atoms with Gasteiger partial charge in [-0.25, -0.2) is 4.68 Å². The Morgan fingerprint density at radius 1 is 0.800 bits per heavy atom. The van der Waals surface area contributed by atoms with Crippen LogP contribution < -0.4 is 9.80 Å². The van der Waals surface area contributed by atoms with Crippen molar-refractivity contribution in [2.24, 2.45) is 0 Å². The number of aromatic nitrogens is 4. The molecule has 0 spiro atoms. The molecule has 2 aliphatic heterocycles. The van der Waals surface area contributed by atoms with Crippen molar-refractivity contribution >= 4 is 17.5 Å². The van der Waals surface area contributed by atoms with Crippen molar-refractivity contribution in [3.8, 4) is 5.69 Å². The summed E-state index contributed by atoms with van der Waals surface area (Å²) in [6.07, 6.45) is 6.06. The average Bonchev–Trinajstić information content (AvgIpc) is 3.54. The minimum Gasteiger partial charge on any atom is -0.355 e. The van der Waals surface area contributed by atoms with E-state index in [2.05, 4.69) is 31.2 Å². The van der Waals surface area contributed by atoms with Crippen molar-refractivity contribution in [3.63, 3.8) is 0 Å². The minimum absolute atomic E-state index is 0.0547. The van der Waals surface area contributed by atoms with E-state index in [4.69, 9.17) is 0 Å². The Hall–Kier alpha value is -3.42. The molecule has 2 saturated heterocycles. The molecular formula is C22H25N7O. The Morgan fingerprint density at radius 3 is 2.13 bits per heavy atom. The molecule has 0 unspecified atom stereocenters. The largest absolute Gasteiger partial charge is 0.355 e. The Kier molecular flexibility index (Phi) is 5.04. The van der Waals surface area contributed by atoms with Gasteiger partial charge in [-0.15, -0.1) is 10.2 Å². The number of hydrogen-bond acceptors (Lipinski definition) is 6. The Morgan fingerprint density at radius 2 is 1.50 bits per heavy atom. The van der Waals surface area contributed by atoms with Gasteiger partial charge in [0.2, 0.25) is 0 Å². The van der Waals surface area contributed by atoms with Crippen LogP contribution >= 0.6 is 0 Å². The molecule has 30 heavy (non-hydrogen) atoms. The number of anilines is 2. The molecule has 1 aromatic carbocycles. The van der Waals surface area contributed by atoms with Gasteiger partial charge in [0.05, 0.1) is 5.69 Å². The fourth-order valence-electron chi connectivity index (χ4n) is 4.13. The summed E-state index contributed by atoms with van der Waals surface area (Å²) >= 11 is 0. The standard InChI is InChI=1S/C22H25N7O/c30-22(18-5-3-6-19(17-18)29-12-4-9-23-29)28-15-13-27(14-16-28)21-8-7-20(24-25-21)26-10-1-2-11-26/h3-9,12,17H,1-2,10-11,13-16H2. The summed E-state index contributed by atoms with van der Waals surface area (Å²) in [5.74, 6) is 1.90. The molecule has 2 fully saturated rings. The van der Waals surface area contributed by atoms with Gasteiger partial charge in [-0.1, -0.05) is 6.07 Å². The second-order valence-corrected chi connectivity index (χ2v) is 7.72. The van der Waals surface area contributed by atoms with E-state index in [0.717, 1.165) is 43.5 Å². The topological polar surface area (TPSA) is 70.4 Å². The number of carbonyl (C=O) groups excluding carboxylic acids is 1. The monoisotopic (exact) mass is 403 g/mol. The molecule has 2 aliphatic rings. The van der Waals surface area contributed by atoms with Crippen LogP contribution in [0.2, 0.25) is 0 Å². The Bertz CT molecular complexity index is 989. The van der Waals surface area contributed by atoms with E-state index in [1.165, 1.54) is 12.8 Å². The summed E-state index contributed by atoms with van der Waals surface area (Å²) in [5.41, 5.74) is 1.57. The number of rotatable bonds is 4. The van der Waals surface area contributed by atoms with Gasteiger partial charge in [0.15, 0.2) is 11.6 Å². The maximum Gasteiger partial charge on any atom is 0.254 e. The number of hydrogen-bond donors (Lipinski definition) is 0. The van der Waals surface area contributed by atoms with E-state index >= 15 is 0 Å². The van der Waals surface area contributed by atoms with Crippen LogP contribution in [0, 0.1) is 0 Å². The van der Waals surface area contributed by atoms with Crippen LogP contribution in [0.3, 0.4) is 0 Å². The fraction of sp³-hybridized carbons (Fsp3) is 0.364. The molecule has 4 heterocycles. The first kappa shape index (κ1) is 18.6. The van der Waals surface area contributed by atoms with E-state index in [-0.39, 0.29) is 5.91 Å². The molecule has 8 nitrogen and oxygen atoms in total. The third-order valence-corrected chi connectivity index (χ3v) is 5.82. The van der Waals surface area contributed by atoms with Gasteiger partial charge in [0, 0.05) is 57.2 Å².